The van der Waals surface area contributed by atoms with Crippen LogP contribution in [0.4, 0.5) is 0 Å². The summed E-state index contributed by atoms with van der Waals surface area (Å²) in [4.78, 5) is 25.7. The molecule has 0 aromatic heterocycles. The minimum absolute atomic E-state index is 0.114. The van der Waals surface area contributed by atoms with Crippen LogP contribution in [0, 0.1) is 17.8 Å². The predicted molar refractivity (Wildman–Crippen MR) is 80.8 cm³/mol. The molecule has 0 aromatic rings. The first-order chi connectivity index (χ1) is 10.1. The molecule has 2 N–H and O–H groups in total. The van der Waals surface area contributed by atoms with E-state index in [0.29, 0.717) is 19.4 Å². The van der Waals surface area contributed by atoms with Crippen LogP contribution < -0.4 is 5.32 Å². The van der Waals surface area contributed by atoms with E-state index in [4.69, 9.17) is 0 Å². The SMILES string of the molecule is CC1CCN(CCNC(=O)[C@@H]2CC=CC[C@@H]2C(=O)O)CC1. The van der Waals surface area contributed by atoms with Gasteiger partial charge < -0.3 is 15.3 Å². The number of carbonyl (C=O) groups excluding carboxylic acids is 1. The van der Waals surface area contributed by atoms with E-state index in [2.05, 4.69) is 17.1 Å². The van der Waals surface area contributed by atoms with Crippen molar-refractivity contribution in [2.24, 2.45) is 17.8 Å². The van der Waals surface area contributed by atoms with Gasteiger partial charge in [0.05, 0.1) is 11.8 Å². The predicted octanol–water partition coefficient (Wildman–Crippen LogP) is 1.50. The summed E-state index contributed by atoms with van der Waals surface area (Å²) in [6, 6.07) is 0. The lowest BCUT2D eigenvalue weighted by Crippen LogP contribution is -2.43. The fourth-order valence-electron chi connectivity index (χ4n) is 3.13. The number of carbonyl (C=O) groups is 2. The first kappa shape index (κ1) is 16.0. The number of nitrogens with zero attached hydrogens (tertiary/aromatic N) is 1. The standard InChI is InChI=1S/C16H26N2O3/c1-12-6-9-18(10-7-12)11-8-17-15(19)13-4-2-3-5-14(13)16(20)21/h2-3,12-14H,4-11H2,1H3,(H,17,19)(H,20,21)/t13-,14+/m1/s1. The highest BCUT2D eigenvalue weighted by molar-refractivity contribution is 5.85. The summed E-state index contributed by atoms with van der Waals surface area (Å²) in [5.74, 6) is -1.18. The number of hydrogen-bond donors (Lipinski definition) is 2. The van der Waals surface area contributed by atoms with Gasteiger partial charge in [0.2, 0.25) is 5.91 Å². The fraction of sp³-hybridized carbons (Fsp3) is 0.750. The highest BCUT2D eigenvalue weighted by atomic mass is 16.4. The number of aliphatic carboxylic acids is 1. The lowest BCUT2D eigenvalue weighted by atomic mass is 9.82. The normalized spacial score (nSPS) is 27.5. The molecule has 1 heterocycles. The second kappa shape index (κ2) is 7.59. The summed E-state index contributed by atoms with van der Waals surface area (Å²) >= 11 is 0. The van der Waals surface area contributed by atoms with E-state index in [9.17, 15) is 14.7 Å². The van der Waals surface area contributed by atoms with Crippen LogP contribution in [-0.4, -0.2) is 48.1 Å². The van der Waals surface area contributed by atoms with E-state index in [-0.39, 0.29) is 5.91 Å². The number of rotatable bonds is 5. The van der Waals surface area contributed by atoms with Crippen molar-refractivity contribution in [2.45, 2.75) is 32.6 Å². The van der Waals surface area contributed by atoms with Crippen molar-refractivity contribution in [1.29, 1.82) is 0 Å². The summed E-state index contributed by atoms with van der Waals surface area (Å²) in [7, 11) is 0. The monoisotopic (exact) mass is 294 g/mol. The molecule has 0 bridgehead atoms. The van der Waals surface area contributed by atoms with Crippen molar-refractivity contribution in [2.75, 3.05) is 26.2 Å². The molecule has 118 valence electrons. The first-order valence-corrected chi connectivity index (χ1v) is 7.95. The van der Waals surface area contributed by atoms with E-state index in [1.807, 2.05) is 12.2 Å². The minimum atomic E-state index is -0.871. The number of carboxylic acids is 1. The molecule has 1 aliphatic carbocycles. The van der Waals surface area contributed by atoms with E-state index in [1.54, 1.807) is 0 Å². The van der Waals surface area contributed by atoms with Crippen molar-refractivity contribution in [3.63, 3.8) is 0 Å². The molecule has 2 atom stereocenters. The molecule has 1 fully saturated rings. The molecule has 1 aliphatic heterocycles. The Labute approximate surface area is 126 Å². The molecule has 5 heteroatoms. The van der Waals surface area contributed by atoms with E-state index in [1.165, 1.54) is 12.8 Å². The van der Waals surface area contributed by atoms with Gasteiger partial charge >= 0.3 is 5.97 Å². The number of likely N-dealkylation sites (tertiary alicyclic amines) is 1. The van der Waals surface area contributed by atoms with E-state index in [0.717, 1.165) is 25.6 Å². The number of carboxylic acid groups (broad SMARTS) is 1. The zero-order valence-corrected chi connectivity index (χ0v) is 12.8. The quantitative estimate of drug-likeness (QED) is 0.754. The third-order valence-electron chi connectivity index (χ3n) is 4.69. The van der Waals surface area contributed by atoms with Crippen LogP contribution in [0.1, 0.15) is 32.6 Å². The highest BCUT2D eigenvalue weighted by Crippen LogP contribution is 2.26. The molecular weight excluding hydrogens is 268 g/mol. The van der Waals surface area contributed by atoms with Gasteiger partial charge in [0, 0.05) is 13.1 Å². The van der Waals surface area contributed by atoms with Crippen LogP contribution in [0.5, 0.6) is 0 Å². The van der Waals surface area contributed by atoms with Gasteiger partial charge in [-0.2, -0.15) is 0 Å². The Morgan fingerprint density at radius 2 is 1.81 bits per heavy atom. The van der Waals surface area contributed by atoms with Crippen LogP contribution in [0.3, 0.4) is 0 Å². The molecule has 0 radical (unpaired) electrons. The molecule has 0 unspecified atom stereocenters. The van der Waals surface area contributed by atoms with E-state index >= 15 is 0 Å². The van der Waals surface area contributed by atoms with Gasteiger partial charge in [0.15, 0.2) is 0 Å². The maximum absolute atomic E-state index is 12.2. The number of allylic oxidation sites excluding steroid dienone is 2. The van der Waals surface area contributed by atoms with E-state index < -0.39 is 17.8 Å². The number of amides is 1. The summed E-state index contributed by atoms with van der Waals surface area (Å²) in [6.45, 7) is 5.95. The Hall–Kier alpha value is -1.36. The molecule has 21 heavy (non-hydrogen) atoms. The van der Waals surface area contributed by atoms with Crippen molar-refractivity contribution in [3.05, 3.63) is 12.2 Å². The summed E-state index contributed by atoms with van der Waals surface area (Å²) in [5, 5.41) is 12.1. The van der Waals surface area contributed by atoms with Crippen LogP contribution in [0.25, 0.3) is 0 Å². The third-order valence-corrected chi connectivity index (χ3v) is 4.69. The molecule has 2 rings (SSSR count). The molecule has 1 saturated heterocycles. The Bertz CT molecular complexity index is 400. The van der Waals surface area contributed by atoms with Gasteiger partial charge in [-0.05, 0) is 44.7 Å². The van der Waals surface area contributed by atoms with Crippen molar-refractivity contribution >= 4 is 11.9 Å². The van der Waals surface area contributed by atoms with Crippen LogP contribution >= 0.6 is 0 Å². The van der Waals surface area contributed by atoms with Gasteiger partial charge in [-0.25, -0.2) is 0 Å². The average molecular weight is 294 g/mol. The van der Waals surface area contributed by atoms with Crippen molar-refractivity contribution < 1.29 is 14.7 Å². The van der Waals surface area contributed by atoms with Crippen molar-refractivity contribution in [1.82, 2.24) is 10.2 Å². The zero-order chi connectivity index (χ0) is 15.2. The lowest BCUT2D eigenvalue weighted by molar-refractivity contribution is -0.147. The first-order valence-electron chi connectivity index (χ1n) is 7.95. The van der Waals surface area contributed by atoms with Gasteiger partial charge in [-0.3, -0.25) is 9.59 Å². The summed E-state index contributed by atoms with van der Waals surface area (Å²) < 4.78 is 0. The highest BCUT2D eigenvalue weighted by Gasteiger charge is 2.33. The maximum atomic E-state index is 12.2. The van der Waals surface area contributed by atoms with Crippen molar-refractivity contribution in [3.8, 4) is 0 Å². The number of piperidine rings is 1. The average Bonchev–Trinajstić information content (AvgIpc) is 2.49. The van der Waals surface area contributed by atoms with Gasteiger partial charge in [-0.1, -0.05) is 19.1 Å². The second-order valence-corrected chi connectivity index (χ2v) is 6.31. The Morgan fingerprint density at radius 3 is 2.43 bits per heavy atom. The van der Waals surface area contributed by atoms with Gasteiger partial charge in [-0.15, -0.1) is 0 Å². The van der Waals surface area contributed by atoms with Gasteiger partial charge in [0.25, 0.3) is 0 Å². The molecular formula is C16H26N2O3. The molecule has 0 saturated carbocycles. The topological polar surface area (TPSA) is 69.6 Å². The molecule has 0 spiro atoms. The lowest BCUT2D eigenvalue weighted by Gasteiger charge is -2.30. The zero-order valence-electron chi connectivity index (χ0n) is 12.8. The number of nitrogens with one attached hydrogen (secondary N) is 1. The molecule has 2 aliphatic rings. The second-order valence-electron chi connectivity index (χ2n) is 6.31. The summed E-state index contributed by atoms with van der Waals surface area (Å²) in [5.41, 5.74) is 0. The van der Waals surface area contributed by atoms with Crippen LogP contribution in [0.2, 0.25) is 0 Å². The Morgan fingerprint density at radius 1 is 1.19 bits per heavy atom. The maximum Gasteiger partial charge on any atom is 0.307 e. The fourth-order valence-corrected chi connectivity index (χ4v) is 3.13. The largest absolute Gasteiger partial charge is 0.481 e. The van der Waals surface area contributed by atoms with Crippen LogP contribution in [-0.2, 0) is 9.59 Å². The molecule has 1 amide bonds. The summed E-state index contributed by atoms with van der Waals surface area (Å²) in [6.07, 6.45) is 7.21. The Kier molecular flexibility index (Phi) is 5.79. The van der Waals surface area contributed by atoms with Crippen LogP contribution in [0.15, 0.2) is 12.2 Å². The molecule has 0 aromatic carbocycles. The number of hydrogen-bond acceptors (Lipinski definition) is 3. The van der Waals surface area contributed by atoms with Gasteiger partial charge in [0.1, 0.15) is 0 Å². The smallest absolute Gasteiger partial charge is 0.307 e. The minimum Gasteiger partial charge on any atom is -0.481 e. The molecule has 5 nitrogen and oxygen atoms in total. The Balaban J connectivity index is 1.73. The third kappa shape index (κ3) is 4.56.